The number of nitrogens with one attached hydrogen (secondary N) is 2. The summed E-state index contributed by atoms with van der Waals surface area (Å²) in [5.41, 5.74) is 2.30. The van der Waals surface area contributed by atoms with Crippen LogP contribution in [0.4, 0.5) is 16.2 Å². The zero-order chi connectivity index (χ0) is 17.2. The molecular formula is C18H18N4O3. The molecule has 2 heterocycles. The number of anilines is 2. The number of pyridine rings is 1. The summed E-state index contributed by atoms with van der Waals surface area (Å²) < 4.78 is 5.39. The number of rotatable bonds is 4. The number of amides is 3. The second-order valence-corrected chi connectivity index (χ2v) is 6.19. The van der Waals surface area contributed by atoms with Gasteiger partial charge in [-0.3, -0.25) is 9.78 Å². The van der Waals surface area contributed by atoms with Crippen LogP contribution < -0.4 is 15.4 Å². The molecule has 3 amide bonds. The SMILES string of the molecule is O=C1COc2cc(NC(=O)N(Cc3ccncc3)C3CC3)ccc2N1. The van der Waals surface area contributed by atoms with Crippen LogP contribution in [-0.4, -0.2) is 34.5 Å². The van der Waals surface area contributed by atoms with Crippen LogP contribution >= 0.6 is 0 Å². The van der Waals surface area contributed by atoms with Crippen molar-refractivity contribution in [2.24, 2.45) is 0 Å². The maximum Gasteiger partial charge on any atom is 0.322 e. The summed E-state index contributed by atoms with van der Waals surface area (Å²) in [5.74, 6) is 0.381. The fraction of sp³-hybridized carbons (Fsp3) is 0.278. The Kier molecular flexibility index (Phi) is 3.97. The van der Waals surface area contributed by atoms with Crippen molar-refractivity contribution < 1.29 is 14.3 Å². The average Bonchev–Trinajstić information content (AvgIpc) is 3.45. The number of hydrogen-bond acceptors (Lipinski definition) is 4. The number of benzene rings is 1. The molecule has 0 spiro atoms. The van der Waals surface area contributed by atoms with Crippen LogP contribution in [0.5, 0.6) is 5.75 Å². The van der Waals surface area contributed by atoms with Crippen molar-refractivity contribution >= 4 is 23.3 Å². The molecule has 1 aliphatic heterocycles. The molecule has 0 atom stereocenters. The fourth-order valence-corrected chi connectivity index (χ4v) is 2.79. The molecule has 4 rings (SSSR count). The van der Waals surface area contributed by atoms with Crippen LogP contribution in [0.15, 0.2) is 42.7 Å². The molecule has 2 N–H and O–H groups in total. The fourth-order valence-electron chi connectivity index (χ4n) is 2.79. The third-order valence-electron chi connectivity index (χ3n) is 4.22. The molecule has 7 heteroatoms. The minimum Gasteiger partial charge on any atom is -0.482 e. The maximum atomic E-state index is 12.7. The highest BCUT2D eigenvalue weighted by atomic mass is 16.5. The number of hydrogen-bond donors (Lipinski definition) is 2. The maximum absolute atomic E-state index is 12.7. The van der Waals surface area contributed by atoms with Crippen molar-refractivity contribution in [2.75, 3.05) is 17.2 Å². The lowest BCUT2D eigenvalue weighted by Gasteiger charge is -2.24. The summed E-state index contributed by atoms with van der Waals surface area (Å²) in [6, 6.07) is 9.18. The van der Waals surface area contributed by atoms with E-state index in [0.717, 1.165) is 18.4 Å². The minimum atomic E-state index is -0.179. The molecule has 1 fully saturated rings. The van der Waals surface area contributed by atoms with Gasteiger partial charge in [-0.05, 0) is 42.7 Å². The van der Waals surface area contributed by atoms with Gasteiger partial charge in [0.15, 0.2) is 6.61 Å². The summed E-state index contributed by atoms with van der Waals surface area (Å²) in [7, 11) is 0. The van der Waals surface area contributed by atoms with Crippen LogP contribution in [0.2, 0.25) is 0 Å². The molecule has 1 aromatic heterocycles. The van der Waals surface area contributed by atoms with Crippen molar-refractivity contribution in [1.82, 2.24) is 9.88 Å². The largest absolute Gasteiger partial charge is 0.482 e. The van der Waals surface area contributed by atoms with Crippen LogP contribution in [0.3, 0.4) is 0 Å². The van der Waals surface area contributed by atoms with Gasteiger partial charge in [0.2, 0.25) is 0 Å². The average molecular weight is 338 g/mol. The van der Waals surface area contributed by atoms with Gasteiger partial charge in [0, 0.05) is 36.7 Å². The van der Waals surface area contributed by atoms with Crippen LogP contribution in [0, 0.1) is 0 Å². The summed E-state index contributed by atoms with van der Waals surface area (Å²) in [6.07, 6.45) is 5.51. The van der Waals surface area contributed by atoms with Crippen LogP contribution in [0.1, 0.15) is 18.4 Å². The number of ether oxygens (including phenoxy) is 1. The second-order valence-electron chi connectivity index (χ2n) is 6.19. The molecular weight excluding hydrogens is 320 g/mol. The molecule has 1 aromatic carbocycles. The summed E-state index contributed by atoms with van der Waals surface area (Å²) >= 11 is 0. The predicted molar refractivity (Wildman–Crippen MR) is 92.4 cm³/mol. The van der Waals surface area contributed by atoms with E-state index in [1.54, 1.807) is 30.6 Å². The van der Waals surface area contributed by atoms with Gasteiger partial charge in [0.25, 0.3) is 5.91 Å². The van der Waals surface area contributed by atoms with Crippen molar-refractivity contribution in [3.63, 3.8) is 0 Å². The minimum absolute atomic E-state index is 0.0133. The Morgan fingerprint density at radius 2 is 2.08 bits per heavy atom. The van der Waals surface area contributed by atoms with E-state index in [9.17, 15) is 9.59 Å². The Labute approximate surface area is 145 Å². The van der Waals surface area contributed by atoms with Gasteiger partial charge in [-0.1, -0.05) is 0 Å². The van der Waals surface area contributed by atoms with E-state index in [2.05, 4.69) is 15.6 Å². The number of aromatic nitrogens is 1. The molecule has 0 saturated heterocycles. The van der Waals surface area contributed by atoms with E-state index in [-0.39, 0.29) is 24.6 Å². The Morgan fingerprint density at radius 3 is 2.84 bits per heavy atom. The van der Waals surface area contributed by atoms with Gasteiger partial charge >= 0.3 is 6.03 Å². The van der Waals surface area contributed by atoms with E-state index in [0.29, 0.717) is 23.7 Å². The highest BCUT2D eigenvalue weighted by Gasteiger charge is 2.32. The predicted octanol–water partition coefficient (Wildman–Crippen LogP) is 2.61. The highest BCUT2D eigenvalue weighted by molar-refractivity contribution is 5.96. The van der Waals surface area contributed by atoms with Crippen LogP contribution in [0.25, 0.3) is 0 Å². The topological polar surface area (TPSA) is 83.6 Å². The van der Waals surface area contributed by atoms with E-state index in [4.69, 9.17) is 4.74 Å². The molecule has 0 radical (unpaired) electrons. The number of urea groups is 1. The van der Waals surface area contributed by atoms with E-state index in [1.807, 2.05) is 17.0 Å². The number of carbonyl (C=O) groups excluding carboxylic acids is 2. The zero-order valence-corrected chi connectivity index (χ0v) is 13.6. The Balaban J connectivity index is 1.47. The normalized spacial score (nSPS) is 15.6. The lowest BCUT2D eigenvalue weighted by Crippen LogP contribution is -2.36. The molecule has 2 aliphatic rings. The summed E-state index contributed by atoms with van der Waals surface area (Å²) in [5, 5.41) is 5.65. The molecule has 7 nitrogen and oxygen atoms in total. The van der Waals surface area contributed by atoms with E-state index >= 15 is 0 Å². The Hall–Kier alpha value is -3.09. The van der Waals surface area contributed by atoms with Gasteiger partial charge in [-0.15, -0.1) is 0 Å². The smallest absolute Gasteiger partial charge is 0.322 e. The van der Waals surface area contributed by atoms with Gasteiger partial charge in [0.1, 0.15) is 5.75 Å². The first-order valence-electron chi connectivity index (χ1n) is 8.22. The van der Waals surface area contributed by atoms with Crippen molar-refractivity contribution in [1.29, 1.82) is 0 Å². The van der Waals surface area contributed by atoms with E-state index in [1.165, 1.54) is 0 Å². The summed E-state index contributed by atoms with van der Waals surface area (Å²) in [4.78, 5) is 29.9. The van der Waals surface area contributed by atoms with Crippen molar-refractivity contribution in [2.45, 2.75) is 25.4 Å². The molecule has 128 valence electrons. The third-order valence-corrected chi connectivity index (χ3v) is 4.22. The van der Waals surface area contributed by atoms with Gasteiger partial charge < -0.3 is 20.3 Å². The van der Waals surface area contributed by atoms with Crippen molar-refractivity contribution in [3.8, 4) is 5.75 Å². The molecule has 2 aromatic rings. The first kappa shape index (κ1) is 15.4. The number of carbonyl (C=O) groups is 2. The lowest BCUT2D eigenvalue weighted by atomic mass is 10.2. The highest BCUT2D eigenvalue weighted by Crippen LogP contribution is 2.32. The van der Waals surface area contributed by atoms with Crippen molar-refractivity contribution in [3.05, 3.63) is 48.3 Å². The molecule has 1 aliphatic carbocycles. The molecule has 0 unspecified atom stereocenters. The first-order chi connectivity index (χ1) is 12.2. The monoisotopic (exact) mass is 338 g/mol. The molecule has 25 heavy (non-hydrogen) atoms. The second kappa shape index (κ2) is 6.43. The zero-order valence-electron chi connectivity index (χ0n) is 13.6. The van der Waals surface area contributed by atoms with Crippen LogP contribution in [-0.2, 0) is 11.3 Å². The quantitative estimate of drug-likeness (QED) is 0.897. The van der Waals surface area contributed by atoms with Gasteiger partial charge in [-0.2, -0.15) is 0 Å². The van der Waals surface area contributed by atoms with Gasteiger partial charge in [-0.25, -0.2) is 4.79 Å². The number of fused-ring (bicyclic) bond motifs is 1. The number of nitrogens with zero attached hydrogens (tertiary/aromatic N) is 2. The standard InChI is InChI=1S/C18H18N4O3/c23-17-11-25-16-9-13(1-4-15(16)21-17)20-18(24)22(14-2-3-14)10-12-5-7-19-8-6-12/h1,4-9,14H,2-3,10-11H2,(H,20,24)(H,21,23). The third kappa shape index (κ3) is 3.55. The lowest BCUT2D eigenvalue weighted by molar-refractivity contribution is -0.118. The Morgan fingerprint density at radius 1 is 1.28 bits per heavy atom. The Bertz CT molecular complexity index is 805. The molecule has 1 saturated carbocycles. The first-order valence-corrected chi connectivity index (χ1v) is 8.22. The van der Waals surface area contributed by atoms with E-state index < -0.39 is 0 Å². The summed E-state index contributed by atoms with van der Waals surface area (Å²) in [6.45, 7) is 0.539. The molecule has 0 bridgehead atoms. The van der Waals surface area contributed by atoms with Gasteiger partial charge in [0.05, 0.1) is 5.69 Å².